The second kappa shape index (κ2) is 24.4. The van der Waals surface area contributed by atoms with Gasteiger partial charge in [-0.1, -0.05) is 0 Å². The Bertz CT molecular complexity index is 954. The van der Waals surface area contributed by atoms with Gasteiger partial charge in [-0.2, -0.15) is 0 Å². The largest absolute Gasteiger partial charge is 0.480 e. The smallest absolute Gasteiger partial charge is 0.407 e. The van der Waals surface area contributed by atoms with Gasteiger partial charge in [0, 0.05) is 6.54 Å². The Kier molecular flexibility index (Phi) is 21.5. The molecule has 5 N–H and O–H groups in total. The molecule has 0 radical (unpaired) electrons. The number of unbranched alkanes of at least 4 members (excludes halogenated alkanes) is 2. The van der Waals surface area contributed by atoms with E-state index in [0.717, 1.165) is 0 Å². The first kappa shape index (κ1) is 38.8. The first-order valence-electron chi connectivity index (χ1n) is 13.0. The van der Waals surface area contributed by atoms with E-state index in [4.69, 9.17) is 15.2 Å². The highest BCUT2D eigenvalue weighted by molar-refractivity contribution is 5.80. The number of guanidine groups is 1. The van der Waals surface area contributed by atoms with Crippen LogP contribution in [-0.4, -0.2) is 84.5 Å². The van der Waals surface area contributed by atoms with E-state index in [0.29, 0.717) is 19.3 Å². The van der Waals surface area contributed by atoms with Gasteiger partial charge in [0.1, 0.15) is 31.5 Å². The summed E-state index contributed by atoms with van der Waals surface area (Å²) in [4.78, 5) is 85.4. The van der Waals surface area contributed by atoms with Gasteiger partial charge >= 0.3 is 12.1 Å². The molecule has 3 atom stereocenters. The number of aliphatic carboxylic acids is 1. The molecule has 0 rings (SSSR count). The van der Waals surface area contributed by atoms with Crippen molar-refractivity contribution in [3.05, 3.63) is 42.5 Å². The minimum absolute atomic E-state index is 0.00154. The van der Waals surface area contributed by atoms with Crippen LogP contribution in [0, 0.1) is 30.0 Å². The Labute approximate surface area is 249 Å². The average Bonchev–Trinajstić information content (AvgIpc) is 2.94. The number of rotatable bonds is 28. The predicted molar refractivity (Wildman–Crippen MR) is 145 cm³/mol. The number of aliphatic imine (C=N–C) groups is 1. The zero-order valence-electron chi connectivity index (χ0n) is 23.6. The fourth-order valence-corrected chi connectivity index (χ4v) is 3.27. The van der Waals surface area contributed by atoms with E-state index in [1.165, 1.54) is 0 Å². The molecule has 250 valence electrons. The van der Waals surface area contributed by atoms with Gasteiger partial charge in [0.15, 0.2) is 22.5 Å². The van der Waals surface area contributed by atoms with Crippen molar-refractivity contribution in [1.29, 1.82) is 0 Å². The van der Waals surface area contributed by atoms with E-state index in [-0.39, 0.29) is 70.3 Å². The highest BCUT2D eigenvalue weighted by Crippen LogP contribution is 2.09. The molecule has 0 saturated heterocycles. The Balaban J connectivity index is 4.25. The topological polar surface area (TPSA) is 317 Å². The Morgan fingerprint density at radius 2 is 1.39 bits per heavy atom. The third-order valence-corrected chi connectivity index (χ3v) is 5.24. The van der Waals surface area contributed by atoms with Crippen LogP contribution >= 0.6 is 0 Å². The number of ether oxygens (including phenoxy) is 2. The molecule has 0 spiro atoms. The van der Waals surface area contributed by atoms with Crippen molar-refractivity contribution >= 4 is 18.0 Å². The first-order chi connectivity index (χ1) is 21.0. The Morgan fingerprint density at radius 1 is 0.864 bits per heavy atom. The van der Waals surface area contributed by atoms with Gasteiger partial charge in [-0.25, -0.2) is 9.59 Å². The number of carbonyl (C=O) groups excluding carboxylic acids is 1. The van der Waals surface area contributed by atoms with E-state index in [2.05, 4.69) is 52.2 Å². The van der Waals surface area contributed by atoms with Crippen molar-refractivity contribution in [1.82, 2.24) is 10.6 Å². The zero-order chi connectivity index (χ0) is 33.2. The zero-order valence-corrected chi connectivity index (χ0v) is 23.6. The lowest BCUT2D eigenvalue weighted by Crippen LogP contribution is -2.41. The van der Waals surface area contributed by atoms with Gasteiger partial charge in [-0.15, -0.1) is 30.0 Å². The molecule has 0 aromatic heterocycles. The summed E-state index contributed by atoms with van der Waals surface area (Å²) < 4.78 is 10.3. The lowest BCUT2D eigenvalue weighted by molar-refractivity contribution is -0.769. The van der Waals surface area contributed by atoms with Crippen molar-refractivity contribution in [2.45, 2.75) is 69.6 Å². The maximum absolute atomic E-state index is 11.9. The van der Waals surface area contributed by atoms with Crippen LogP contribution in [0.3, 0.4) is 0 Å². The second-order valence-electron chi connectivity index (χ2n) is 8.61. The number of nitrogens with two attached hydrogens (primary N) is 1. The van der Waals surface area contributed by atoms with Crippen LogP contribution in [0.1, 0.15) is 51.4 Å². The molecule has 0 heterocycles. The summed E-state index contributed by atoms with van der Waals surface area (Å²) in [7, 11) is 0. The van der Waals surface area contributed by atoms with Gasteiger partial charge in [0.2, 0.25) is 0 Å². The minimum atomic E-state index is -1.30. The number of carboxylic acids is 1. The molecule has 0 aliphatic carbocycles. The standard InChI is InChI=1S/C21H36N8O15/c1-15(39-11-4-2-7-16(13-41-26-33)43-28(35)36)24-20(22)23-10-6-9-18(19(30)31)25-21(32)40-12-5-3-8-17(14-42-27-34)44-29(37)38/h16-18H,1-14H2,(H,25,32)(H,30,31)(H3,22,23,24). The molecule has 0 aromatic carbocycles. The summed E-state index contributed by atoms with van der Waals surface area (Å²) in [5.41, 5.74) is 5.74. The maximum Gasteiger partial charge on any atom is 0.407 e. The summed E-state index contributed by atoms with van der Waals surface area (Å²) in [5.74, 6) is -1.30. The van der Waals surface area contributed by atoms with E-state index >= 15 is 0 Å². The van der Waals surface area contributed by atoms with Crippen LogP contribution in [0.5, 0.6) is 0 Å². The van der Waals surface area contributed by atoms with Crippen LogP contribution in [0.25, 0.3) is 0 Å². The molecule has 23 heteroatoms. The monoisotopic (exact) mass is 640 g/mol. The number of hydrogen-bond acceptors (Lipinski definition) is 17. The fourth-order valence-electron chi connectivity index (χ4n) is 3.27. The first-order valence-corrected chi connectivity index (χ1v) is 13.0. The van der Waals surface area contributed by atoms with Crippen molar-refractivity contribution in [2.24, 2.45) is 21.4 Å². The number of amides is 1. The van der Waals surface area contributed by atoms with E-state index in [1.54, 1.807) is 0 Å². The SMILES string of the molecule is C=C(NC(N)=NCCCC(NC(=O)OCCCCC(CON=O)O[N+](=O)[O-])C(=O)O)OCCCCC(CON=O)O[N+](=O)[O-]. The molecule has 44 heavy (non-hydrogen) atoms. The molecular formula is C21H36N8O15. The summed E-state index contributed by atoms with van der Waals surface area (Å²) in [6, 6.07) is -1.27. The molecule has 1 amide bonds. The van der Waals surface area contributed by atoms with Crippen molar-refractivity contribution in [3.8, 4) is 0 Å². The molecule has 0 aliphatic rings. The highest BCUT2D eigenvalue weighted by Gasteiger charge is 2.20. The van der Waals surface area contributed by atoms with Gasteiger partial charge in [0.25, 0.3) is 10.2 Å². The molecule has 23 nitrogen and oxygen atoms in total. The third kappa shape index (κ3) is 22.4. The predicted octanol–water partition coefficient (Wildman–Crippen LogP) is 1.23. The molecule has 0 aliphatic heterocycles. The Morgan fingerprint density at radius 3 is 1.86 bits per heavy atom. The maximum atomic E-state index is 11.9. The van der Waals surface area contributed by atoms with Crippen LogP contribution < -0.4 is 16.4 Å². The number of nitrogens with zero attached hydrogens (tertiary/aromatic N) is 5. The normalized spacial score (nSPS) is 12.8. The summed E-state index contributed by atoms with van der Waals surface area (Å²) in [6.45, 7) is 2.99. The van der Waals surface area contributed by atoms with Crippen molar-refractivity contribution < 1.29 is 53.7 Å². The van der Waals surface area contributed by atoms with E-state index < -0.39 is 47.1 Å². The van der Waals surface area contributed by atoms with Gasteiger partial charge < -0.3 is 45.0 Å². The van der Waals surface area contributed by atoms with Gasteiger partial charge in [-0.05, 0) is 57.9 Å². The number of carbonyl (C=O) groups is 2. The molecule has 3 unspecified atom stereocenters. The lowest BCUT2D eigenvalue weighted by Gasteiger charge is -2.15. The second-order valence-corrected chi connectivity index (χ2v) is 8.61. The van der Waals surface area contributed by atoms with Crippen molar-refractivity contribution in [2.75, 3.05) is 33.0 Å². The number of alkyl carbamates (subject to hydrolysis) is 1. The minimum Gasteiger partial charge on any atom is -0.480 e. The van der Waals surface area contributed by atoms with Crippen LogP contribution in [0.4, 0.5) is 4.79 Å². The fraction of sp³-hybridized carbons (Fsp3) is 0.762. The highest BCUT2D eigenvalue weighted by atomic mass is 17.0. The molecule has 0 bridgehead atoms. The summed E-state index contributed by atoms with van der Waals surface area (Å²) >= 11 is 0. The van der Waals surface area contributed by atoms with E-state index in [1.807, 2.05) is 0 Å². The van der Waals surface area contributed by atoms with Crippen LogP contribution in [0.15, 0.2) is 28.1 Å². The molecule has 0 saturated carbocycles. The van der Waals surface area contributed by atoms with Gasteiger partial charge in [-0.3, -0.25) is 10.3 Å². The van der Waals surface area contributed by atoms with Crippen LogP contribution in [-0.2, 0) is 33.6 Å². The quantitative estimate of drug-likeness (QED) is 0.0178. The number of hydrogen-bond donors (Lipinski definition) is 4. The molecular weight excluding hydrogens is 604 g/mol. The molecule has 0 aromatic rings. The summed E-state index contributed by atoms with van der Waals surface area (Å²) in [6.07, 6.45) is -0.977. The van der Waals surface area contributed by atoms with Crippen LogP contribution in [0.2, 0.25) is 0 Å². The van der Waals surface area contributed by atoms with Crippen molar-refractivity contribution in [3.63, 3.8) is 0 Å². The number of nitrogens with one attached hydrogen (secondary N) is 2. The Hall–Kier alpha value is -5.25. The number of carboxylic acid groups (broad SMARTS) is 1. The van der Waals surface area contributed by atoms with E-state index in [9.17, 15) is 44.7 Å². The molecule has 0 fully saturated rings. The lowest BCUT2D eigenvalue weighted by atomic mass is 10.1. The third-order valence-electron chi connectivity index (χ3n) is 5.24. The van der Waals surface area contributed by atoms with Gasteiger partial charge in [0.05, 0.1) is 13.2 Å². The summed E-state index contributed by atoms with van der Waals surface area (Å²) in [5, 5.41) is 37.3. The average molecular weight is 641 g/mol.